The van der Waals surface area contributed by atoms with Gasteiger partial charge in [-0.25, -0.2) is 0 Å². The average molecular weight is 239 g/mol. The van der Waals surface area contributed by atoms with Gasteiger partial charge < -0.3 is 14.6 Å². The van der Waals surface area contributed by atoms with E-state index in [0.717, 1.165) is 13.0 Å². The van der Waals surface area contributed by atoms with Crippen molar-refractivity contribution in [3.05, 3.63) is 11.7 Å². The fourth-order valence-electron chi connectivity index (χ4n) is 2.14. The van der Waals surface area contributed by atoms with Crippen LogP contribution in [-0.4, -0.2) is 23.3 Å². The lowest BCUT2D eigenvalue weighted by Crippen LogP contribution is -2.15. The molecule has 2 rings (SSSR count). The number of nitrogens with zero attached hydrogens (tertiary/aromatic N) is 2. The van der Waals surface area contributed by atoms with Crippen molar-refractivity contribution >= 4 is 0 Å². The highest BCUT2D eigenvalue weighted by Crippen LogP contribution is 2.26. The van der Waals surface area contributed by atoms with Gasteiger partial charge >= 0.3 is 0 Å². The van der Waals surface area contributed by atoms with Crippen LogP contribution in [0.1, 0.15) is 57.5 Å². The Hall–Kier alpha value is -0.940. The summed E-state index contributed by atoms with van der Waals surface area (Å²) in [7, 11) is 0. The van der Waals surface area contributed by atoms with Gasteiger partial charge in [0.05, 0.1) is 6.04 Å². The molecule has 0 aromatic carbocycles. The Bertz CT molecular complexity index is 345. The summed E-state index contributed by atoms with van der Waals surface area (Å²) in [6.45, 7) is 7.87. The minimum atomic E-state index is -0.0705. The van der Waals surface area contributed by atoms with Crippen LogP contribution < -0.4 is 5.32 Å². The summed E-state index contributed by atoms with van der Waals surface area (Å²) in [6, 6.07) is 0.227. The quantitative estimate of drug-likeness (QED) is 0.853. The first-order chi connectivity index (χ1) is 8.22. The van der Waals surface area contributed by atoms with Crippen LogP contribution in [0.5, 0.6) is 0 Å². The molecule has 1 aromatic rings. The van der Waals surface area contributed by atoms with Gasteiger partial charge in [-0.3, -0.25) is 0 Å². The van der Waals surface area contributed by atoms with E-state index in [1.165, 1.54) is 6.42 Å². The fraction of sp³-hybridized carbons (Fsp3) is 0.833. The molecule has 0 saturated carbocycles. The third-order valence-electron chi connectivity index (χ3n) is 3.02. The van der Waals surface area contributed by atoms with Crippen LogP contribution >= 0.6 is 0 Å². The van der Waals surface area contributed by atoms with Gasteiger partial charge in [0.25, 0.3) is 0 Å². The number of aromatic nitrogens is 2. The largest absolute Gasteiger partial charge is 0.370 e. The number of hydrogen-bond acceptors (Lipinski definition) is 5. The van der Waals surface area contributed by atoms with Crippen LogP contribution in [0.4, 0.5) is 0 Å². The summed E-state index contributed by atoms with van der Waals surface area (Å²) < 4.78 is 11.0. The second-order valence-corrected chi connectivity index (χ2v) is 4.76. The smallest absolute Gasteiger partial charge is 0.243 e. The van der Waals surface area contributed by atoms with Crippen molar-refractivity contribution in [3.63, 3.8) is 0 Å². The first-order valence-electron chi connectivity index (χ1n) is 6.40. The van der Waals surface area contributed by atoms with Gasteiger partial charge in [-0.2, -0.15) is 4.98 Å². The van der Waals surface area contributed by atoms with E-state index in [4.69, 9.17) is 9.26 Å². The van der Waals surface area contributed by atoms with E-state index in [0.29, 0.717) is 24.2 Å². The van der Waals surface area contributed by atoms with Crippen molar-refractivity contribution < 1.29 is 9.26 Å². The Kier molecular flexibility index (Phi) is 4.12. The minimum Gasteiger partial charge on any atom is -0.370 e. The van der Waals surface area contributed by atoms with Crippen molar-refractivity contribution in [2.75, 3.05) is 13.2 Å². The molecule has 1 aromatic heterocycles. The molecule has 2 heterocycles. The topological polar surface area (TPSA) is 60.2 Å². The summed E-state index contributed by atoms with van der Waals surface area (Å²) in [5, 5.41) is 7.40. The molecule has 1 fully saturated rings. The Morgan fingerprint density at radius 3 is 2.94 bits per heavy atom. The lowest BCUT2D eigenvalue weighted by molar-refractivity contribution is 0.0217. The van der Waals surface area contributed by atoms with Crippen LogP contribution in [0.2, 0.25) is 0 Å². The predicted molar refractivity (Wildman–Crippen MR) is 63.5 cm³/mol. The first-order valence-corrected chi connectivity index (χ1v) is 6.40. The van der Waals surface area contributed by atoms with Gasteiger partial charge in [-0.15, -0.1) is 0 Å². The van der Waals surface area contributed by atoms with Gasteiger partial charge in [0, 0.05) is 6.61 Å². The average Bonchev–Trinajstić information content (AvgIpc) is 2.95. The Labute approximate surface area is 102 Å². The van der Waals surface area contributed by atoms with E-state index in [1.54, 1.807) is 0 Å². The zero-order valence-corrected chi connectivity index (χ0v) is 10.8. The molecule has 0 radical (unpaired) electrons. The van der Waals surface area contributed by atoms with Gasteiger partial charge in [0.1, 0.15) is 6.10 Å². The molecule has 1 aliphatic rings. The first kappa shape index (κ1) is 12.5. The normalized spacial score (nSPS) is 22.2. The SMILES string of the molecule is CCOC(c1noc([C@@H]2CCCN2)n1)C(C)C. The van der Waals surface area contributed by atoms with Crippen LogP contribution in [0.3, 0.4) is 0 Å². The van der Waals surface area contributed by atoms with Gasteiger partial charge in [-0.05, 0) is 32.2 Å². The number of hydrogen-bond donors (Lipinski definition) is 1. The molecule has 0 amide bonds. The van der Waals surface area contributed by atoms with E-state index < -0.39 is 0 Å². The summed E-state index contributed by atoms with van der Waals surface area (Å²) in [6.07, 6.45) is 2.17. The van der Waals surface area contributed by atoms with Gasteiger partial charge in [-0.1, -0.05) is 19.0 Å². The summed E-state index contributed by atoms with van der Waals surface area (Å²) in [5.74, 6) is 1.71. The lowest BCUT2D eigenvalue weighted by Gasteiger charge is -2.16. The highest BCUT2D eigenvalue weighted by Gasteiger charge is 2.26. The molecule has 1 unspecified atom stereocenters. The summed E-state index contributed by atoms with van der Waals surface area (Å²) >= 11 is 0. The van der Waals surface area contributed by atoms with Crippen LogP contribution in [0.15, 0.2) is 4.52 Å². The highest BCUT2D eigenvalue weighted by atomic mass is 16.5. The van der Waals surface area contributed by atoms with Crippen LogP contribution in [0.25, 0.3) is 0 Å². The Morgan fingerprint density at radius 1 is 1.53 bits per heavy atom. The number of rotatable bonds is 5. The second-order valence-electron chi connectivity index (χ2n) is 4.76. The Balaban J connectivity index is 2.09. The molecule has 1 N–H and O–H groups in total. The molecule has 1 aliphatic heterocycles. The third kappa shape index (κ3) is 2.84. The molecule has 96 valence electrons. The molecule has 2 atom stereocenters. The summed E-state index contributed by atoms with van der Waals surface area (Å²) in [5.41, 5.74) is 0. The molecule has 0 bridgehead atoms. The van der Waals surface area contributed by atoms with Crippen molar-refractivity contribution in [2.24, 2.45) is 5.92 Å². The maximum Gasteiger partial charge on any atom is 0.243 e. The van der Waals surface area contributed by atoms with Crippen molar-refractivity contribution in [1.82, 2.24) is 15.5 Å². The lowest BCUT2D eigenvalue weighted by atomic mass is 10.1. The zero-order chi connectivity index (χ0) is 12.3. The molecular formula is C12H21N3O2. The molecule has 1 saturated heterocycles. The monoisotopic (exact) mass is 239 g/mol. The maximum absolute atomic E-state index is 5.66. The highest BCUT2D eigenvalue weighted by molar-refractivity contribution is 4.98. The fourth-order valence-corrected chi connectivity index (χ4v) is 2.14. The van der Waals surface area contributed by atoms with Gasteiger partial charge in [0.15, 0.2) is 0 Å². The molecule has 0 spiro atoms. The number of nitrogens with one attached hydrogen (secondary N) is 1. The summed E-state index contributed by atoms with van der Waals surface area (Å²) in [4.78, 5) is 4.47. The van der Waals surface area contributed by atoms with Crippen LogP contribution in [0, 0.1) is 5.92 Å². The van der Waals surface area contributed by atoms with E-state index in [1.807, 2.05) is 6.92 Å². The third-order valence-corrected chi connectivity index (χ3v) is 3.02. The molecule has 17 heavy (non-hydrogen) atoms. The zero-order valence-electron chi connectivity index (χ0n) is 10.8. The minimum absolute atomic E-state index is 0.0705. The van der Waals surface area contributed by atoms with E-state index >= 15 is 0 Å². The molecule has 5 nitrogen and oxygen atoms in total. The van der Waals surface area contributed by atoms with E-state index in [-0.39, 0.29) is 12.1 Å². The number of ether oxygens (including phenoxy) is 1. The van der Waals surface area contributed by atoms with Crippen molar-refractivity contribution in [3.8, 4) is 0 Å². The standard InChI is InChI=1S/C12H21N3O2/c1-4-16-10(8(2)3)11-14-12(17-15-11)9-6-5-7-13-9/h8-10,13H,4-7H2,1-3H3/t9-,10?/m0/s1. The van der Waals surface area contributed by atoms with Gasteiger partial charge in [0.2, 0.25) is 11.7 Å². The van der Waals surface area contributed by atoms with Crippen LogP contribution in [-0.2, 0) is 4.74 Å². The predicted octanol–water partition coefficient (Wildman–Crippen LogP) is 2.23. The second kappa shape index (κ2) is 5.60. The molecule has 0 aliphatic carbocycles. The maximum atomic E-state index is 5.66. The Morgan fingerprint density at radius 2 is 2.35 bits per heavy atom. The van der Waals surface area contributed by atoms with E-state index in [2.05, 4.69) is 29.3 Å². The van der Waals surface area contributed by atoms with Crippen molar-refractivity contribution in [1.29, 1.82) is 0 Å². The van der Waals surface area contributed by atoms with E-state index in [9.17, 15) is 0 Å². The van der Waals surface area contributed by atoms with Crippen molar-refractivity contribution in [2.45, 2.75) is 45.8 Å². The molecule has 5 heteroatoms. The molecular weight excluding hydrogens is 218 g/mol.